The molecule has 43 heavy (non-hydrogen) atoms. The molecule has 2 aliphatic heterocycles. The van der Waals surface area contributed by atoms with E-state index in [9.17, 15) is 54.0 Å². The number of nitrogens with one attached hydrogen (secondary N) is 1. The molecule has 0 aromatic carbocycles. The lowest BCUT2D eigenvalue weighted by Crippen LogP contribution is -2.58. The normalized spacial score (nSPS) is 34.1. The molecule has 11 atom stereocenters. The minimum atomic E-state index is -5.90. The minimum Gasteiger partial charge on any atom is -0.756 e. The van der Waals surface area contributed by atoms with Crippen LogP contribution in [0.5, 0.6) is 0 Å². The Kier molecular flexibility index (Phi) is 13.5. The number of hydrogen-bond donors (Lipinski definition) is 6. The first-order valence-electron chi connectivity index (χ1n) is 12.5. The van der Waals surface area contributed by atoms with Crippen LogP contribution in [0.3, 0.4) is 0 Å². The molecule has 3 rings (SSSR count). The minimum absolute atomic E-state index is 0.00658. The van der Waals surface area contributed by atoms with Crippen LogP contribution in [-0.2, 0) is 41.4 Å². The fourth-order valence-electron chi connectivity index (χ4n) is 3.88. The van der Waals surface area contributed by atoms with E-state index in [0.717, 1.165) is 12.3 Å². The summed E-state index contributed by atoms with van der Waals surface area (Å²) in [6.45, 7) is -0.0626. The summed E-state index contributed by atoms with van der Waals surface area (Å²) in [7, 11) is -10.2. The molecule has 248 valence electrons. The Morgan fingerprint density at radius 3 is 2.33 bits per heavy atom. The molecule has 2 saturated heterocycles. The molecule has 3 heterocycles. The summed E-state index contributed by atoms with van der Waals surface area (Å²) in [6, 6.07) is 0.924. The molecular weight excluding hydrogens is 650 g/mol. The number of hydrogen-bond acceptors (Lipinski definition) is 19. The van der Waals surface area contributed by atoms with Crippen LogP contribution in [0.15, 0.2) is 21.9 Å². The van der Waals surface area contributed by atoms with Crippen LogP contribution in [0, 0.1) is 0 Å². The van der Waals surface area contributed by atoms with Crippen molar-refractivity contribution in [1.29, 1.82) is 0 Å². The van der Waals surface area contributed by atoms with E-state index in [4.69, 9.17) is 18.9 Å². The predicted octanol–water partition coefficient (Wildman–Crippen LogP) is -4.65. The third-order valence-electron chi connectivity index (χ3n) is 6.05. The van der Waals surface area contributed by atoms with E-state index in [-0.39, 0.29) is 5.75 Å². The van der Waals surface area contributed by atoms with Crippen LogP contribution in [0.1, 0.15) is 6.23 Å². The summed E-state index contributed by atoms with van der Waals surface area (Å²) in [4.78, 5) is 49.7. The van der Waals surface area contributed by atoms with Crippen molar-refractivity contribution < 1.29 is 76.8 Å². The van der Waals surface area contributed by atoms with E-state index in [1.54, 1.807) is 0 Å². The third-order valence-corrected chi connectivity index (χ3v) is 9.60. The molecule has 0 bridgehead atoms. The number of aliphatic hydroxyl groups excluding tert-OH is 5. The molecule has 1 aromatic rings. The van der Waals surface area contributed by atoms with Gasteiger partial charge in [-0.3, -0.25) is 28.0 Å². The van der Waals surface area contributed by atoms with Gasteiger partial charge in [-0.05, 0) is 0 Å². The van der Waals surface area contributed by atoms with Crippen molar-refractivity contribution in [1.82, 2.24) is 9.55 Å². The number of ether oxygens (including phenoxy) is 4. The number of phosphoric acid groups is 2. The second kappa shape index (κ2) is 16.0. The lowest BCUT2D eigenvalue weighted by Gasteiger charge is -2.42. The standard InChI is InChI=1S/C20H34N2O18P2S/c1-34-4-5-35-6-7-43-9-11-14(25)15(26)17(28)19(38-11)39-42(32,33)40-41(30,31)36-8-10-13(24)16(27)18(37-10)22-3-2-12(23)21-20(22)29/h2-3,10-11,13-19,24-28H,4-9H2,1H3,(H,30,31)(H,32,33)(H,21,23,29)/p-2/t10-,11?,13+,14+,15+,16?,17?,18-,19+/m1/s1. The van der Waals surface area contributed by atoms with E-state index < -0.39 is 88.7 Å². The summed E-state index contributed by atoms with van der Waals surface area (Å²) in [6.07, 6.45) is -15.0. The number of thioether (sulfide) groups is 1. The van der Waals surface area contributed by atoms with E-state index in [1.165, 1.54) is 18.9 Å². The average Bonchev–Trinajstić information content (AvgIpc) is 3.20. The molecule has 0 aliphatic carbocycles. The van der Waals surface area contributed by atoms with Crippen LogP contribution < -0.4 is 21.0 Å². The highest BCUT2D eigenvalue weighted by Gasteiger charge is 2.47. The maximum atomic E-state index is 12.3. The van der Waals surface area contributed by atoms with Gasteiger partial charge in [-0.1, -0.05) is 0 Å². The Hall–Kier alpha value is -1.07. The summed E-state index contributed by atoms with van der Waals surface area (Å²) in [5.41, 5.74) is -1.77. The largest absolute Gasteiger partial charge is 0.756 e. The zero-order valence-corrected chi connectivity index (χ0v) is 25.0. The first-order valence-corrected chi connectivity index (χ1v) is 16.6. The number of phosphoric ester groups is 2. The Bertz CT molecular complexity index is 1250. The summed E-state index contributed by atoms with van der Waals surface area (Å²) >= 11 is 1.20. The van der Waals surface area contributed by atoms with Crippen LogP contribution in [0.25, 0.3) is 0 Å². The molecule has 0 radical (unpaired) electrons. The fraction of sp³-hybridized carbons (Fsp3) is 0.800. The molecule has 0 spiro atoms. The zero-order valence-electron chi connectivity index (χ0n) is 22.4. The van der Waals surface area contributed by atoms with Crippen molar-refractivity contribution in [3.63, 3.8) is 0 Å². The van der Waals surface area contributed by atoms with Gasteiger partial charge < -0.3 is 58.8 Å². The van der Waals surface area contributed by atoms with E-state index in [1.807, 2.05) is 4.98 Å². The number of nitrogens with zero attached hydrogens (tertiary/aromatic N) is 1. The van der Waals surface area contributed by atoms with Gasteiger partial charge in [0.05, 0.1) is 32.5 Å². The monoisotopic (exact) mass is 682 g/mol. The summed E-state index contributed by atoms with van der Waals surface area (Å²) in [5.74, 6) is 0.409. The summed E-state index contributed by atoms with van der Waals surface area (Å²) in [5, 5.41) is 50.8. The lowest BCUT2D eigenvalue weighted by atomic mass is 10.0. The molecule has 1 aromatic heterocycles. The van der Waals surface area contributed by atoms with Gasteiger partial charge in [0.1, 0.15) is 36.6 Å². The first kappa shape index (κ1) is 36.4. The maximum absolute atomic E-state index is 12.3. The number of H-pyrrole nitrogens is 1. The Balaban J connectivity index is 1.54. The van der Waals surface area contributed by atoms with Gasteiger partial charge in [-0.2, -0.15) is 11.8 Å². The number of rotatable bonds is 16. The van der Waals surface area contributed by atoms with Crippen LogP contribution >= 0.6 is 27.4 Å². The topological polar surface area (TPSA) is 301 Å². The van der Waals surface area contributed by atoms with Crippen molar-refractivity contribution in [3.05, 3.63) is 33.1 Å². The first-order chi connectivity index (χ1) is 20.2. The number of aromatic amines is 1. The molecule has 2 aliphatic rings. The Morgan fingerprint density at radius 1 is 0.953 bits per heavy atom. The third kappa shape index (κ3) is 10.2. The van der Waals surface area contributed by atoms with Gasteiger partial charge in [0, 0.05) is 30.9 Å². The molecule has 5 unspecified atom stereocenters. The molecule has 23 heteroatoms. The van der Waals surface area contributed by atoms with Crippen molar-refractivity contribution in [2.45, 2.75) is 55.2 Å². The van der Waals surface area contributed by atoms with Gasteiger partial charge in [0.15, 0.2) is 12.5 Å². The highest BCUT2D eigenvalue weighted by Crippen LogP contribution is 2.57. The number of aromatic nitrogens is 2. The average molecular weight is 682 g/mol. The molecular formula is C20H32N2O18P2S-2. The summed E-state index contributed by atoms with van der Waals surface area (Å²) < 4.78 is 58.8. The number of aliphatic hydroxyl groups is 5. The van der Waals surface area contributed by atoms with E-state index in [0.29, 0.717) is 30.1 Å². The highest BCUT2D eigenvalue weighted by atomic mass is 32.2. The smallest absolute Gasteiger partial charge is 0.330 e. The Labute approximate surface area is 247 Å². The van der Waals surface area contributed by atoms with Gasteiger partial charge in [0.25, 0.3) is 21.2 Å². The molecule has 6 N–H and O–H groups in total. The van der Waals surface area contributed by atoms with Crippen molar-refractivity contribution in [3.8, 4) is 0 Å². The fourth-order valence-corrected chi connectivity index (χ4v) is 6.88. The van der Waals surface area contributed by atoms with Gasteiger partial charge >= 0.3 is 5.69 Å². The predicted molar refractivity (Wildman–Crippen MR) is 137 cm³/mol. The molecule has 2 fully saturated rings. The van der Waals surface area contributed by atoms with Gasteiger partial charge in [-0.25, -0.2) is 9.11 Å². The zero-order chi connectivity index (χ0) is 31.9. The van der Waals surface area contributed by atoms with E-state index >= 15 is 0 Å². The highest BCUT2D eigenvalue weighted by molar-refractivity contribution is 7.99. The van der Waals surface area contributed by atoms with E-state index in [2.05, 4.69) is 13.4 Å². The lowest BCUT2D eigenvalue weighted by molar-refractivity contribution is -0.298. The van der Waals surface area contributed by atoms with Gasteiger partial charge in [-0.15, -0.1) is 0 Å². The second-order valence-electron chi connectivity index (χ2n) is 9.14. The quantitative estimate of drug-likeness (QED) is 0.0705. The molecule has 0 saturated carbocycles. The van der Waals surface area contributed by atoms with Crippen LogP contribution in [0.4, 0.5) is 0 Å². The van der Waals surface area contributed by atoms with Crippen LogP contribution in [-0.4, -0.2) is 129 Å². The maximum Gasteiger partial charge on any atom is 0.330 e. The number of methoxy groups -OCH3 is 1. The molecule has 20 nitrogen and oxygen atoms in total. The van der Waals surface area contributed by atoms with Gasteiger partial charge in [0.2, 0.25) is 0 Å². The second-order valence-corrected chi connectivity index (χ2v) is 13.2. The SMILES string of the molecule is COCCOCCSCC1O[C@@H](OP(=O)([O-])OP(=O)([O-])OC[C@H]2O[C@@H](n3ccc(=O)[nH]c3=O)C(O)[C@H]2O)C(O)[C@@H](O)[C@H]1O. The molecule has 0 amide bonds. The van der Waals surface area contributed by atoms with Crippen LogP contribution in [0.2, 0.25) is 0 Å². The van der Waals surface area contributed by atoms with Crippen molar-refractivity contribution >= 4 is 27.4 Å². The Morgan fingerprint density at radius 2 is 1.65 bits per heavy atom. The van der Waals surface area contributed by atoms with Crippen molar-refractivity contribution in [2.24, 2.45) is 0 Å². The van der Waals surface area contributed by atoms with Crippen molar-refractivity contribution in [2.75, 3.05) is 45.0 Å².